The molecule has 0 radical (unpaired) electrons. The van der Waals surface area contributed by atoms with Crippen molar-refractivity contribution >= 4 is 15.7 Å². The van der Waals surface area contributed by atoms with E-state index in [-0.39, 0.29) is 16.8 Å². The van der Waals surface area contributed by atoms with E-state index in [1.165, 1.54) is 18.4 Å². The molecule has 0 saturated carbocycles. The molecule has 1 saturated heterocycles. The van der Waals surface area contributed by atoms with Crippen LogP contribution in [-0.2, 0) is 14.6 Å². The van der Waals surface area contributed by atoms with Crippen LogP contribution in [0.15, 0.2) is 29.2 Å². The first-order valence-corrected chi connectivity index (χ1v) is 9.68. The zero-order chi connectivity index (χ0) is 16.9. The van der Waals surface area contributed by atoms with E-state index in [1.807, 2.05) is 11.9 Å². The summed E-state index contributed by atoms with van der Waals surface area (Å²) in [5.41, 5.74) is 0. The molecule has 1 atom stereocenters. The van der Waals surface area contributed by atoms with Gasteiger partial charge >= 0.3 is 0 Å². The zero-order valence-electron chi connectivity index (χ0n) is 13.6. The number of rotatable bonds is 7. The molecule has 1 unspecified atom stereocenters. The Hall–Kier alpha value is -1.60. The fraction of sp³-hybridized carbons (Fsp3) is 0.562. The summed E-state index contributed by atoms with van der Waals surface area (Å²) in [7, 11) is -1.31. The topological polar surface area (TPSA) is 75.7 Å². The summed E-state index contributed by atoms with van der Waals surface area (Å²) in [6.45, 7) is 1.92. The molecule has 1 aliphatic heterocycles. The van der Waals surface area contributed by atoms with Gasteiger partial charge < -0.3 is 15.0 Å². The number of sulfone groups is 1. The van der Waals surface area contributed by atoms with Crippen molar-refractivity contribution in [1.82, 2.24) is 10.2 Å². The lowest BCUT2D eigenvalue weighted by Crippen LogP contribution is -2.41. The van der Waals surface area contributed by atoms with Gasteiger partial charge in [0.05, 0.1) is 17.9 Å². The molecule has 1 aromatic carbocycles. The van der Waals surface area contributed by atoms with Crippen molar-refractivity contribution in [3.05, 3.63) is 24.3 Å². The summed E-state index contributed by atoms with van der Waals surface area (Å²) in [5, 5.41) is 3.12. The molecule has 7 heteroatoms. The number of benzene rings is 1. The van der Waals surface area contributed by atoms with Crippen molar-refractivity contribution in [2.45, 2.75) is 30.2 Å². The Morgan fingerprint density at radius 1 is 1.35 bits per heavy atom. The van der Waals surface area contributed by atoms with E-state index in [0.29, 0.717) is 18.8 Å². The predicted octanol–water partition coefficient (Wildman–Crippen LogP) is 1.07. The molecule has 0 bridgehead atoms. The van der Waals surface area contributed by atoms with Crippen LogP contribution in [0.1, 0.15) is 19.3 Å². The molecule has 2 rings (SSSR count). The molecule has 6 nitrogen and oxygen atoms in total. The van der Waals surface area contributed by atoms with E-state index in [1.54, 1.807) is 12.1 Å². The second-order valence-corrected chi connectivity index (χ2v) is 7.80. The van der Waals surface area contributed by atoms with Crippen LogP contribution in [-0.4, -0.2) is 58.3 Å². The van der Waals surface area contributed by atoms with Crippen LogP contribution in [0.3, 0.4) is 0 Å². The zero-order valence-corrected chi connectivity index (χ0v) is 14.4. The van der Waals surface area contributed by atoms with Gasteiger partial charge in [-0.2, -0.15) is 0 Å². The van der Waals surface area contributed by atoms with Crippen LogP contribution in [0, 0.1) is 0 Å². The minimum atomic E-state index is -3.20. The molecule has 1 N–H and O–H groups in total. The molecule has 128 valence electrons. The van der Waals surface area contributed by atoms with E-state index < -0.39 is 9.84 Å². The fourth-order valence-electron chi connectivity index (χ4n) is 2.79. The lowest BCUT2D eigenvalue weighted by molar-refractivity contribution is -0.132. The van der Waals surface area contributed by atoms with Gasteiger partial charge in [0.2, 0.25) is 5.91 Å². The van der Waals surface area contributed by atoms with Crippen LogP contribution < -0.4 is 10.1 Å². The number of nitrogens with one attached hydrogen (secondary N) is 1. The van der Waals surface area contributed by atoms with Gasteiger partial charge in [-0.25, -0.2) is 8.42 Å². The van der Waals surface area contributed by atoms with Gasteiger partial charge in [-0.3, -0.25) is 4.79 Å². The Morgan fingerprint density at radius 2 is 2.04 bits per heavy atom. The standard InChI is InChI=1S/C16H24N2O4S/c1-17-12-13-4-3-10-18(13)16(19)9-11-22-14-5-7-15(8-6-14)23(2,20)21/h5-8,13,17H,3-4,9-12H2,1-2H3. The third-order valence-electron chi connectivity index (χ3n) is 3.97. The Bertz CT molecular complexity index is 628. The van der Waals surface area contributed by atoms with Crippen molar-refractivity contribution in [1.29, 1.82) is 0 Å². The lowest BCUT2D eigenvalue weighted by Gasteiger charge is -2.24. The maximum Gasteiger partial charge on any atom is 0.226 e. The Morgan fingerprint density at radius 3 is 2.65 bits per heavy atom. The van der Waals surface area contributed by atoms with Crippen LogP contribution in [0.5, 0.6) is 5.75 Å². The number of likely N-dealkylation sites (tertiary alicyclic amines) is 1. The quantitative estimate of drug-likeness (QED) is 0.803. The normalized spacial score (nSPS) is 18.2. The summed E-state index contributed by atoms with van der Waals surface area (Å²) in [6, 6.07) is 6.52. The van der Waals surface area contributed by atoms with E-state index in [4.69, 9.17) is 4.74 Å². The highest BCUT2D eigenvalue weighted by Crippen LogP contribution is 2.19. The van der Waals surface area contributed by atoms with Gasteiger partial charge in [0.1, 0.15) is 5.75 Å². The molecule has 1 fully saturated rings. The van der Waals surface area contributed by atoms with Crippen LogP contribution in [0.2, 0.25) is 0 Å². The van der Waals surface area contributed by atoms with Crippen LogP contribution >= 0.6 is 0 Å². The van der Waals surface area contributed by atoms with Gasteiger partial charge in [-0.05, 0) is 44.2 Å². The van der Waals surface area contributed by atoms with Crippen LogP contribution in [0.4, 0.5) is 0 Å². The first-order chi connectivity index (χ1) is 10.9. The van der Waals surface area contributed by atoms with E-state index >= 15 is 0 Å². The predicted molar refractivity (Wildman–Crippen MR) is 88.3 cm³/mol. The Labute approximate surface area is 137 Å². The fourth-order valence-corrected chi connectivity index (χ4v) is 3.43. The first kappa shape index (κ1) is 17.7. The average molecular weight is 340 g/mol. The Kier molecular flexibility index (Phi) is 6.01. The minimum absolute atomic E-state index is 0.107. The van der Waals surface area contributed by atoms with Gasteiger partial charge in [-0.1, -0.05) is 0 Å². The molecule has 1 aromatic rings. The first-order valence-electron chi connectivity index (χ1n) is 7.79. The number of carbonyl (C=O) groups is 1. The number of likely N-dealkylation sites (N-methyl/N-ethyl adjacent to an activating group) is 1. The number of hydrogen-bond donors (Lipinski definition) is 1. The third kappa shape index (κ3) is 4.94. The molecule has 0 aromatic heterocycles. The maximum absolute atomic E-state index is 12.2. The van der Waals surface area contributed by atoms with Crippen molar-refractivity contribution < 1.29 is 17.9 Å². The highest BCUT2D eigenvalue weighted by Gasteiger charge is 2.27. The van der Waals surface area contributed by atoms with E-state index in [9.17, 15) is 13.2 Å². The smallest absolute Gasteiger partial charge is 0.226 e. The molecular formula is C16H24N2O4S. The molecule has 0 spiro atoms. The highest BCUT2D eigenvalue weighted by atomic mass is 32.2. The van der Waals surface area contributed by atoms with E-state index in [2.05, 4.69) is 5.32 Å². The summed E-state index contributed by atoms with van der Waals surface area (Å²) in [6.07, 6.45) is 3.58. The average Bonchev–Trinajstić information content (AvgIpc) is 2.95. The minimum Gasteiger partial charge on any atom is -0.493 e. The lowest BCUT2D eigenvalue weighted by atomic mass is 10.2. The molecule has 1 amide bonds. The molecular weight excluding hydrogens is 316 g/mol. The second kappa shape index (κ2) is 7.79. The van der Waals surface area contributed by atoms with Gasteiger partial charge in [0.15, 0.2) is 9.84 Å². The van der Waals surface area contributed by atoms with Gasteiger partial charge in [0, 0.05) is 25.4 Å². The van der Waals surface area contributed by atoms with Gasteiger partial charge in [-0.15, -0.1) is 0 Å². The molecule has 1 heterocycles. The SMILES string of the molecule is CNCC1CCCN1C(=O)CCOc1ccc(S(C)(=O)=O)cc1. The number of carbonyl (C=O) groups excluding carboxylic acids is 1. The summed E-state index contributed by atoms with van der Waals surface area (Å²) >= 11 is 0. The van der Waals surface area contributed by atoms with Crippen molar-refractivity contribution in [3.63, 3.8) is 0 Å². The molecule has 23 heavy (non-hydrogen) atoms. The monoisotopic (exact) mass is 340 g/mol. The number of ether oxygens (including phenoxy) is 1. The van der Waals surface area contributed by atoms with Crippen LogP contribution in [0.25, 0.3) is 0 Å². The molecule has 1 aliphatic rings. The van der Waals surface area contributed by atoms with Crippen molar-refractivity contribution in [2.24, 2.45) is 0 Å². The van der Waals surface area contributed by atoms with Crippen molar-refractivity contribution in [2.75, 3.05) is 33.0 Å². The Balaban J connectivity index is 1.81. The molecule has 0 aliphatic carbocycles. The number of hydrogen-bond acceptors (Lipinski definition) is 5. The highest BCUT2D eigenvalue weighted by molar-refractivity contribution is 7.90. The number of amides is 1. The third-order valence-corrected chi connectivity index (χ3v) is 5.10. The number of nitrogens with zero attached hydrogens (tertiary/aromatic N) is 1. The summed E-state index contributed by atoms with van der Waals surface area (Å²) < 4.78 is 28.3. The summed E-state index contributed by atoms with van der Waals surface area (Å²) in [5.74, 6) is 0.675. The second-order valence-electron chi connectivity index (χ2n) is 5.78. The van der Waals surface area contributed by atoms with Crippen molar-refractivity contribution in [3.8, 4) is 5.75 Å². The van der Waals surface area contributed by atoms with E-state index in [0.717, 1.165) is 25.9 Å². The van der Waals surface area contributed by atoms with Gasteiger partial charge in [0.25, 0.3) is 0 Å². The summed E-state index contributed by atoms with van der Waals surface area (Å²) in [4.78, 5) is 14.4. The largest absolute Gasteiger partial charge is 0.493 e. The maximum atomic E-state index is 12.2.